The summed E-state index contributed by atoms with van der Waals surface area (Å²) in [6, 6.07) is 9.31. The van der Waals surface area contributed by atoms with Crippen molar-refractivity contribution in [1.29, 1.82) is 0 Å². The Bertz CT molecular complexity index is 703. The Hall–Kier alpha value is -2.01. The summed E-state index contributed by atoms with van der Waals surface area (Å²) in [6.45, 7) is 3.94. The minimum atomic E-state index is -0.162. The molecule has 0 saturated heterocycles. The summed E-state index contributed by atoms with van der Waals surface area (Å²) in [5.74, 6) is -0.162. The van der Waals surface area contributed by atoms with Gasteiger partial charge in [-0.05, 0) is 55.3 Å². The molecule has 0 spiro atoms. The third-order valence-electron chi connectivity index (χ3n) is 3.48. The average Bonchev–Trinajstić information content (AvgIpc) is 2.42. The van der Waals surface area contributed by atoms with Gasteiger partial charge in [-0.15, -0.1) is 0 Å². The molecular formula is C17H20BrN3O. The van der Waals surface area contributed by atoms with Gasteiger partial charge in [-0.2, -0.15) is 0 Å². The van der Waals surface area contributed by atoms with Gasteiger partial charge in [-0.3, -0.25) is 4.79 Å². The van der Waals surface area contributed by atoms with E-state index in [0.29, 0.717) is 11.3 Å². The zero-order valence-corrected chi connectivity index (χ0v) is 14.8. The first-order valence-electron chi connectivity index (χ1n) is 6.94. The summed E-state index contributed by atoms with van der Waals surface area (Å²) in [5, 5.41) is 3.00. The minimum absolute atomic E-state index is 0.162. The van der Waals surface area contributed by atoms with Gasteiger partial charge in [0.25, 0.3) is 5.91 Å². The van der Waals surface area contributed by atoms with Gasteiger partial charge in [0, 0.05) is 35.6 Å². The van der Waals surface area contributed by atoms with Gasteiger partial charge in [-0.25, -0.2) is 0 Å². The number of amides is 1. The highest BCUT2D eigenvalue weighted by Gasteiger charge is 2.15. The standard InChI is InChI=1S/C17H20BrN3O/c1-10-7-12(18)8-11(2)16(10)20-17(22)14-9-13(19)5-6-15(14)21(3)4/h5-9H,19H2,1-4H3,(H,20,22). The average molecular weight is 362 g/mol. The number of halogens is 1. The minimum Gasteiger partial charge on any atom is -0.399 e. The highest BCUT2D eigenvalue weighted by molar-refractivity contribution is 9.10. The normalized spacial score (nSPS) is 10.4. The van der Waals surface area contributed by atoms with Crippen molar-refractivity contribution in [3.8, 4) is 0 Å². The van der Waals surface area contributed by atoms with Crippen molar-refractivity contribution >= 4 is 38.9 Å². The van der Waals surface area contributed by atoms with E-state index in [9.17, 15) is 4.79 Å². The second kappa shape index (κ2) is 6.40. The molecule has 4 nitrogen and oxygen atoms in total. The molecule has 0 aliphatic heterocycles. The summed E-state index contributed by atoms with van der Waals surface area (Å²) < 4.78 is 0.999. The number of carbonyl (C=O) groups excluding carboxylic acids is 1. The Morgan fingerprint density at radius 1 is 1.14 bits per heavy atom. The van der Waals surface area contributed by atoms with Crippen LogP contribution < -0.4 is 16.0 Å². The van der Waals surface area contributed by atoms with Crippen LogP contribution in [0.5, 0.6) is 0 Å². The number of nitrogens with zero attached hydrogens (tertiary/aromatic N) is 1. The molecule has 0 aliphatic rings. The molecular weight excluding hydrogens is 342 g/mol. The van der Waals surface area contributed by atoms with Crippen molar-refractivity contribution in [2.24, 2.45) is 0 Å². The summed E-state index contributed by atoms with van der Waals surface area (Å²) in [5.41, 5.74) is 10.7. The topological polar surface area (TPSA) is 58.4 Å². The van der Waals surface area contributed by atoms with Gasteiger partial charge >= 0.3 is 0 Å². The van der Waals surface area contributed by atoms with Gasteiger partial charge in [0.05, 0.1) is 5.56 Å². The molecule has 0 radical (unpaired) electrons. The zero-order valence-electron chi connectivity index (χ0n) is 13.2. The summed E-state index contributed by atoms with van der Waals surface area (Å²) in [4.78, 5) is 14.6. The second-order valence-corrected chi connectivity index (χ2v) is 6.46. The van der Waals surface area contributed by atoms with Gasteiger partial charge in [0.15, 0.2) is 0 Å². The van der Waals surface area contributed by atoms with E-state index in [-0.39, 0.29) is 5.91 Å². The maximum Gasteiger partial charge on any atom is 0.257 e. The Labute approximate surface area is 139 Å². The lowest BCUT2D eigenvalue weighted by Gasteiger charge is -2.19. The largest absolute Gasteiger partial charge is 0.399 e. The molecule has 0 bridgehead atoms. The van der Waals surface area contributed by atoms with Crippen LogP contribution in [0.3, 0.4) is 0 Å². The fraction of sp³-hybridized carbons (Fsp3) is 0.235. The fourth-order valence-corrected chi connectivity index (χ4v) is 3.10. The molecule has 0 atom stereocenters. The van der Waals surface area contributed by atoms with Crippen molar-refractivity contribution in [1.82, 2.24) is 0 Å². The van der Waals surface area contributed by atoms with E-state index in [1.54, 1.807) is 12.1 Å². The van der Waals surface area contributed by atoms with E-state index < -0.39 is 0 Å². The SMILES string of the molecule is Cc1cc(Br)cc(C)c1NC(=O)c1cc(N)ccc1N(C)C. The van der Waals surface area contributed by atoms with E-state index in [2.05, 4.69) is 21.2 Å². The molecule has 116 valence electrons. The Morgan fingerprint density at radius 2 is 1.73 bits per heavy atom. The predicted molar refractivity (Wildman–Crippen MR) is 96.8 cm³/mol. The van der Waals surface area contributed by atoms with Crippen LogP contribution in [-0.4, -0.2) is 20.0 Å². The zero-order chi connectivity index (χ0) is 16.4. The summed E-state index contributed by atoms with van der Waals surface area (Å²) >= 11 is 3.46. The molecule has 0 heterocycles. The van der Waals surface area contributed by atoms with Crippen LogP contribution in [0.25, 0.3) is 0 Å². The van der Waals surface area contributed by atoms with Crippen LogP contribution in [0.15, 0.2) is 34.8 Å². The van der Waals surface area contributed by atoms with Gasteiger partial charge in [-0.1, -0.05) is 15.9 Å². The fourth-order valence-electron chi connectivity index (χ4n) is 2.41. The molecule has 2 rings (SSSR count). The lowest BCUT2D eigenvalue weighted by Crippen LogP contribution is -2.19. The maximum atomic E-state index is 12.7. The third-order valence-corrected chi connectivity index (χ3v) is 3.94. The van der Waals surface area contributed by atoms with E-state index >= 15 is 0 Å². The summed E-state index contributed by atoms with van der Waals surface area (Å²) in [7, 11) is 3.80. The van der Waals surface area contributed by atoms with Crippen molar-refractivity contribution in [3.63, 3.8) is 0 Å². The lowest BCUT2D eigenvalue weighted by atomic mass is 10.1. The number of rotatable bonds is 3. The molecule has 2 aromatic rings. The van der Waals surface area contributed by atoms with Gasteiger partial charge in [0.2, 0.25) is 0 Å². The van der Waals surface area contributed by atoms with Gasteiger partial charge < -0.3 is 16.0 Å². The number of nitrogen functional groups attached to an aromatic ring is 1. The highest BCUT2D eigenvalue weighted by atomic mass is 79.9. The van der Waals surface area contributed by atoms with Crippen LogP contribution in [0, 0.1) is 13.8 Å². The molecule has 22 heavy (non-hydrogen) atoms. The van der Waals surface area contributed by atoms with E-state index in [0.717, 1.165) is 27.0 Å². The predicted octanol–water partition coefficient (Wildman–Crippen LogP) is 3.97. The molecule has 5 heteroatoms. The smallest absolute Gasteiger partial charge is 0.257 e. The molecule has 0 fully saturated rings. The first-order chi connectivity index (χ1) is 10.3. The van der Waals surface area contributed by atoms with Gasteiger partial charge in [0.1, 0.15) is 0 Å². The monoisotopic (exact) mass is 361 g/mol. The number of nitrogens with two attached hydrogens (primary N) is 1. The summed E-state index contributed by atoms with van der Waals surface area (Å²) in [6.07, 6.45) is 0. The number of carbonyl (C=O) groups is 1. The van der Waals surface area contributed by atoms with Crippen molar-refractivity contribution in [2.45, 2.75) is 13.8 Å². The second-order valence-electron chi connectivity index (χ2n) is 5.54. The Balaban J connectivity index is 2.40. The van der Waals surface area contributed by atoms with E-state index in [4.69, 9.17) is 5.73 Å². The third kappa shape index (κ3) is 3.42. The Morgan fingerprint density at radius 3 is 2.27 bits per heavy atom. The number of hydrogen-bond acceptors (Lipinski definition) is 3. The molecule has 0 aliphatic carbocycles. The molecule has 3 N–H and O–H groups in total. The molecule has 2 aromatic carbocycles. The van der Waals surface area contributed by atoms with Crippen molar-refractivity contribution < 1.29 is 4.79 Å². The number of benzene rings is 2. The number of hydrogen-bond donors (Lipinski definition) is 2. The van der Waals surface area contributed by atoms with Crippen LogP contribution in [0.4, 0.5) is 17.1 Å². The van der Waals surface area contributed by atoms with Crippen molar-refractivity contribution in [3.05, 3.63) is 51.5 Å². The Kier molecular flexibility index (Phi) is 4.76. The van der Waals surface area contributed by atoms with Crippen LogP contribution >= 0.6 is 15.9 Å². The maximum absolute atomic E-state index is 12.7. The van der Waals surface area contributed by atoms with Crippen molar-refractivity contribution in [2.75, 3.05) is 30.0 Å². The molecule has 1 amide bonds. The number of nitrogens with one attached hydrogen (secondary N) is 1. The van der Waals surface area contributed by atoms with Crippen LogP contribution in [0.1, 0.15) is 21.5 Å². The van der Waals surface area contributed by atoms with E-state index in [1.807, 2.05) is 51.0 Å². The van der Waals surface area contributed by atoms with Crippen LogP contribution in [-0.2, 0) is 0 Å². The molecule has 0 aromatic heterocycles. The lowest BCUT2D eigenvalue weighted by molar-refractivity contribution is 0.102. The van der Waals surface area contributed by atoms with E-state index in [1.165, 1.54) is 0 Å². The highest BCUT2D eigenvalue weighted by Crippen LogP contribution is 2.27. The first kappa shape index (κ1) is 16.4. The molecule has 0 saturated carbocycles. The van der Waals surface area contributed by atoms with Crippen LogP contribution in [0.2, 0.25) is 0 Å². The first-order valence-corrected chi connectivity index (χ1v) is 7.74. The molecule has 0 unspecified atom stereocenters. The number of aryl methyl sites for hydroxylation is 2. The quantitative estimate of drug-likeness (QED) is 0.813. The number of anilines is 3.